The number of ether oxygens (including phenoxy) is 1. The van der Waals surface area contributed by atoms with Crippen LogP contribution in [0.4, 0.5) is 0 Å². The maximum atomic E-state index is 12.8. The zero-order chi connectivity index (χ0) is 17.1. The van der Waals surface area contributed by atoms with Gasteiger partial charge >= 0.3 is 0 Å². The summed E-state index contributed by atoms with van der Waals surface area (Å²) in [6.45, 7) is 1.82. The molecule has 3 heterocycles. The van der Waals surface area contributed by atoms with Gasteiger partial charge in [-0.25, -0.2) is 0 Å². The zero-order valence-corrected chi connectivity index (χ0v) is 13.8. The Bertz CT molecular complexity index is 864. The third-order valence-electron chi connectivity index (χ3n) is 4.42. The molecule has 0 aliphatic carbocycles. The number of aromatic amines is 1. The molecule has 1 amide bonds. The molecule has 0 saturated carbocycles. The van der Waals surface area contributed by atoms with Crippen molar-refractivity contribution in [1.29, 1.82) is 0 Å². The molecule has 1 atom stereocenters. The molecule has 0 spiro atoms. The second kappa shape index (κ2) is 6.98. The van der Waals surface area contributed by atoms with E-state index in [1.54, 1.807) is 18.3 Å². The molecule has 2 aromatic heterocycles. The van der Waals surface area contributed by atoms with Crippen LogP contribution in [0.15, 0.2) is 42.6 Å². The summed E-state index contributed by atoms with van der Waals surface area (Å²) < 4.78 is 5.96. The van der Waals surface area contributed by atoms with Crippen molar-refractivity contribution in [2.75, 3.05) is 13.1 Å². The van der Waals surface area contributed by atoms with Crippen molar-refractivity contribution >= 4 is 16.9 Å². The van der Waals surface area contributed by atoms with E-state index < -0.39 is 0 Å². The first kappa shape index (κ1) is 15.7. The summed E-state index contributed by atoms with van der Waals surface area (Å²) in [5.41, 5.74) is 2.99. The summed E-state index contributed by atoms with van der Waals surface area (Å²) >= 11 is 0. The van der Waals surface area contributed by atoms with E-state index in [0.29, 0.717) is 24.2 Å². The molecule has 1 saturated heterocycles. The lowest BCUT2D eigenvalue weighted by atomic mass is 10.1. The zero-order valence-electron chi connectivity index (χ0n) is 13.8. The number of fused-ring (bicyclic) bond motifs is 1. The number of nitrogens with one attached hydrogen (secondary N) is 1. The second-order valence-corrected chi connectivity index (χ2v) is 6.17. The average Bonchev–Trinajstić information content (AvgIpc) is 3.14. The molecule has 1 N–H and O–H groups in total. The van der Waals surface area contributed by atoms with Gasteiger partial charge in [0.05, 0.1) is 18.4 Å². The van der Waals surface area contributed by atoms with Gasteiger partial charge in [0.1, 0.15) is 11.0 Å². The van der Waals surface area contributed by atoms with E-state index >= 15 is 0 Å². The standard InChI is InChI=1S/C18H19N5O2/c24-18(13-6-7-16-17(10-13)21-22-20-16)23-9-3-5-15(11-23)25-12-14-4-1-2-8-19-14/h1-2,4,6-8,10,15H,3,5,9,11-12H2,(H,20,21,22)/t15-/m0/s1. The van der Waals surface area contributed by atoms with Crippen LogP contribution in [0.25, 0.3) is 11.0 Å². The minimum Gasteiger partial charge on any atom is -0.370 e. The predicted molar refractivity (Wildman–Crippen MR) is 91.8 cm³/mol. The highest BCUT2D eigenvalue weighted by molar-refractivity contribution is 5.97. The molecule has 7 heteroatoms. The Hall–Kier alpha value is -2.80. The monoisotopic (exact) mass is 337 g/mol. The summed E-state index contributed by atoms with van der Waals surface area (Å²) in [6, 6.07) is 11.2. The molecule has 0 bridgehead atoms. The van der Waals surface area contributed by atoms with Crippen LogP contribution >= 0.6 is 0 Å². The Morgan fingerprint density at radius 1 is 1.24 bits per heavy atom. The van der Waals surface area contributed by atoms with Crippen molar-refractivity contribution in [3.63, 3.8) is 0 Å². The molecule has 7 nitrogen and oxygen atoms in total. The van der Waals surface area contributed by atoms with Crippen LogP contribution in [-0.2, 0) is 11.3 Å². The second-order valence-electron chi connectivity index (χ2n) is 6.17. The number of aromatic nitrogens is 4. The fraction of sp³-hybridized carbons (Fsp3) is 0.333. The van der Waals surface area contributed by atoms with Crippen molar-refractivity contribution < 1.29 is 9.53 Å². The molecule has 128 valence electrons. The third kappa shape index (κ3) is 3.51. The Balaban J connectivity index is 1.40. The van der Waals surface area contributed by atoms with E-state index in [0.717, 1.165) is 30.6 Å². The van der Waals surface area contributed by atoms with E-state index in [2.05, 4.69) is 20.4 Å². The van der Waals surface area contributed by atoms with Crippen LogP contribution in [0.3, 0.4) is 0 Å². The number of benzene rings is 1. The van der Waals surface area contributed by atoms with Crippen LogP contribution in [0.5, 0.6) is 0 Å². The normalized spacial score (nSPS) is 17.8. The van der Waals surface area contributed by atoms with Gasteiger partial charge < -0.3 is 9.64 Å². The fourth-order valence-corrected chi connectivity index (χ4v) is 3.10. The molecule has 0 radical (unpaired) electrons. The number of pyridine rings is 1. The summed E-state index contributed by atoms with van der Waals surface area (Å²) in [4.78, 5) is 18.9. The molecule has 3 aromatic rings. The molecule has 4 rings (SSSR count). The summed E-state index contributed by atoms with van der Waals surface area (Å²) in [5, 5.41) is 10.6. The SMILES string of the molecule is O=C(c1ccc2n[nH]nc2c1)N1CCC[C@H](OCc2ccccn2)C1. The largest absolute Gasteiger partial charge is 0.370 e. The van der Waals surface area contributed by atoms with Crippen LogP contribution in [0.2, 0.25) is 0 Å². The highest BCUT2D eigenvalue weighted by atomic mass is 16.5. The number of carbonyl (C=O) groups is 1. The van der Waals surface area contributed by atoms with Gasteiger partial charge in [-0.3, -0.25) is 9.78 Å². The van der Waals surface area contributed by atoms with E-state index in [-0.39, 0.29) is 12.0 Å². The fourth-order valence-electron chi connectivity index (χ4n) is 3.10. The Labute approximate surface area is 145 Å². The molecule has 1 aliphatic heterocycles. The number of piperidine rings is 1. The Kier molecular flexibility index (Phi) is 4.39. The summed E-state index contributed by atoms with van der Waals surface area (Å²) in [6.07, 6.45) is 3.69. The summed E-state index contributed by atoms with van der Waals surface area (Å²) in [7, 11) is 0. The van der Waals surface area contributed by atoms with Gasteiger partial charge in [0.2, 0.25) is 0 Å². The van der Waals surface area contributed by atoms with Gasteiger partial charge in [-0.05, 0) is 43.2 Å². The van der Waals surface area contributed by atoms with Crippen LogP contribution in [-0.4, -0.2) is 50.4 Å². The highest BCUT2D eigenvalue weighted by Gasteiger charge is 2.25. The van der Waals surface area contributed by atoms with Crippen molar-refractivity contribution in [2.24, 2.45) is 0 Å². The first-order chi connectivity index (χ1) is 12.3. The third-order valence-corrected chi connectivity index (χ3v) is 4.42. The number of hydrogen-bond acceptors (Lipinski definition) is 5. The molecular formula is C18H19N5O2. The van der Waals surface area contributed by atoms with Gasteiger partial charge in [-0.15, -0.1) is 0 Å². The number of hydrogen-bond donors (Lipinski definition) is 1. The van der Waals surface area contributed by atoms with E-state index in [9.17, 15) is 4.79 Å². The van der Waals surface area contributed by atoms with Crippen molar-refractivity contribution in [3.05, 3.63) is 53.9 Å². The lowest BCUT2D eigenvalue weighted by molar-refractivity contribution is -0.00784. The first-order valence-corrected chi connectivity index (χ1v) is 8.41. The van der Waals surface area contributed by atoms with Crippen LogP contribution in [0.1, 0.15) is 28.9 Å². The van der Waals surface area contributed by atoms with Gasteiger partial charge in [0.25, 0.3) is 5.91 Å². The number of H-pyrrole nitrogens is 1. The minimum absolute atomic E-state index is 0.0102. The topological polar surface area (TPSA) is 84.0 Å². The van der Waals surface area contributed by atoms with Crippen molar-refractivity contribution in [3.8, 4) is 0 Å². The van der Waals surface area contributed by atoms with E-state index in [4.69, 9.17) is 4.74 Å². The molecule has 1 aliphatic rings. The van der Waals surface area contributed by atoms with Gasteiger partial charge in [-0.2, -0.15) is 15.4 Å². The maximum absolute atomic E-state index is 12.8. The molecule has 25 heavy (non-hydrogen) atoms. The summed E-state index contributed by atoms with van der Waals surface area (Å²) in [5.74, 6) is 0.0102. The Morgan fingerprint density at radius 2 is 2.16 bits per heavy atom. The Morgan fingerprint density at radius 3 is 3.04 bits per heavy atom. The predicted octanol–water partition coefficient (Wildman–Crippen LogP) is 2.17. The number of likely N-dealkylation sites (tertiary alicyclic amines) is 1. The number of carbonyl (C=O) groups excluding carboxylic acids is 1. The lowest BCUT2D eigenvalue weighted by Gasteiger charge is -2.32. The van der Waals surface area contributed by atoms with Gasteiger partial charge in [0.15, 0.2) is 0 Å². The molecule has 1 aromatic carbocycles. The maximum Gasteiger partial charge on any atom is 0.254 e. The smallest absolute Gasteiger partial charge is 0.254 e. The quantitative estimate of drug-likeness (QED) is 0.789. The van der Waals surface area contributed by atoms with Gasteiger partial charge in [0, 0.05) is 24.8 Å². The minimum atomic E-state index is 0.0102. The molecule has 1 fully saturated rings. The van der Waals surface area contributed by atoms with Crippen molar-refractivity contribution in [1.82, 2.24) is 25.3 Å². The molecular weight excluding hydrogens is 318 g/mol. The van der Waals surface area contributed by atoms with Crippen LogP contribution < -0.4 is 0 Å². The molecule has 0 unspecified atom stereocenters. The van der Waals surface area contributed by atoms with Crippen LogP contribution in [0, 0.1) is 0 Å². The number of rotatable bonds is 4. The number of nitrogens with zero attached hydrogens (tertiary/aromatic N) is 4. The van der Waals surface area contributed by atoms with Gasteiger partial charge in [-0.1, -0.05) is 6.07 Å². The number of amides is 1. The lowest BCUT2D eigenvalue weighted by Crippen LogP contribution is -2.43. The van der Waals surface area contributed by atoms with Crippen molar-refractivity contribution in [2.45, 2.75) is 25.6 Å². The first-order valence-electron chi connectivity index (χ1n) is 8.41. The van der Waals surface area contributed by atoms with E-state index in [1.165, 1.54) is 0 Å². The van der Waals surface area contributed by atoms with E-state index in [1.807, 2.05) is 29.2 Å². The highest BCUT2D eigenvalue weighted by Crippen LogP contribution is 2.19. The average molecular weight is 337 g/mol.